The molecule has 1 atom stereocenters. The van der Waals surface area contributed by atoms with E-state index in [2.05, 4.69) is 0 Å². The van der Waals surface area contributed by atoms with Crippen LogP contribution in [0.1, 0.15) is 18.0 Å². The predicted molar refractivity (Wildman–Crippen MR) is 90.6 cm³/mol. The van der Waals surface area contributed by atoms with Crippen LogP contribution in [0.5, 0.6) is 11.5 Å². The number of fused-ring (bicyclic) bond motifs is 1. The van der Waals surface area contributed by atoms with Gasteiger partial charge in [0.2, 0.25) is 5.91 Å². The third-order valence-electron chi connectivity index (χ3n) is 3.53. The molecule has 0 fully saturated rings. The molecule has 8 heteroatoms. The smallest absolute Gasteiger partial charge is 0.219 e. The third kappa shape index (κ3) is 7.27. The first kappa shape index (κ1) is 19.5. The van der Waals surface area contributed by atoms with Crippen LogP contribution in [0.15, 0.2) is 18.2 Å². The molecule has 4 N–H and O–H groups in total. The van der Waals surface area contributed by atoms with Gasteiger partial charge in [0, 0.05) is 12.5 Å². The van der Waals surface area contributed by atoms with E-state index in [1.54, 1.807) is 18.2 Å². The maximum absolute atomic E-state index is 11.1. The molecule has 0 saturated heterocycles. The van der Waals surface area contributed by atoms with Gasteiger partial charge in [-0.05, 0) is 17.7 Å². The number of hydrogen-bond acceptors (Lipinski definition) is 7. The van der Waals surface area contributed by atoms with Gasteiger partial charge in [-0.15, -0.1) is 0 Å². The first-order valence-electron chi connectivity index (χ1n) is 8.33. The summed E-state index contributed by atoms with van der Waals surface area (Å²) in [5.74, 6) is 0.686. The monoisotopic (exact) mass is 354 g/mol. The summed E-state index contributed by atoms with van der Waals surface area (Å²) in [6.45, 7) is 3.67. The minimum atomic E-state index is -0.486. The van der Waals surface area contributed by atoms with Gasteiger partial charge >= 0.3 is 0 Å². The van der Waals surface area contributed by atoms with Crippen LogP contribution in [-0.4, -0.2) is 58.8 Å². The van der Waals surface area contributed by atoms with Crippen molar-refractivity contribution in [2.24, 2.45) is 11.5 Å². The van der Waals surface area contributed by atoms with Crippen LogP contribution < -0.4 is 20.9 Å². The summed E-state index contributed by atoms with van der Waals surface area (Å²) in [6.07, 6.45) is 0.0661. The van der Waals surface area contributed by atoms with Crippen molar-refractivity contribution in [3.8, 4) is 11.5 Å². The minimum absolute atomic E-state index is 0.0661. The zero-order chi connectivity index (χ0) is 17.9. The molecule has 8 nitrogen and oxygen atoms in total. The molecule has 1 aliphatic rings. The van der Waals surface area contributed by atoms with E-state index in [9.17, 15) is 4.79 Å². The zero-order valence-corrected chi connectivity index (χ0v) is 14.3. The highest BCUT2D eigenvalue weighted by Crippen LogP contribution is 2.31. The maximum Gasteiger partial charge on any atom is 0.219 e. The van der Waals surface area contributed by atoms with Gasteiger partial charge in [-0.1, -0.05) is 6.07 Å². The van der Waals surface area contributed by atoms with Crippen LogP contribution in [0, 0.1) is 0 Å². The number of carbonyl (C=O) groups is 1. The van der Waals surface area contributed by atoms with Crippen molar-refractivity contribution in [3.05, 3.63) is 23.8 Å². The number of hydrogen-bond donors (Lipinski definition) is 2. The molecule has 1 heterocycles. The fraction of sp³-hybridized carbons (Fsp3) is 0.588. The lowest BCUT2D eigenvalue weighted by Crippen LogP contribution is -2.20. The van der Waals surface area contributed by atoms with Crippen LogP contribution in [0.25, 0.3) is 0 Å². The van der Waals surface area contributed by atoms with Crippen LogP contribution in [0.2, 0.25) is 0 Å². The summed E-state index contributed by atoms with van der Waals surface area (Å²) in [5.41, 5.74) is 12.0. The first-order chi connectivity index (χ1) is 12.2. The molecule has 0 aliphatic carbocycles. The van der Waals surface area contributed by atoms with Crippen molar-refractivity contribution >= 4 is 5.91 Å². The van der Waals surface area contributed by atoms with E-state index in [0.717, 1.165) is 5.56 Å². The quantitative estimate of drug-likeness (QED) is 0.806. The summed E-state index contributed by atoms with van der Waals surface area (Å²) >= 11 is 0. The molecule has 0 spiro atoms. The van der Waals surface area contributed by atoms with Crippen LogP contribution in [-0.2, 0) is 19.0 Å². The summed E-state index contributed by atoms with van der Waals surface area (Å²) in [6, 6.07) is 4.85. The Kier molecular flexibility index (Phi) is 8.47. The first-order valence-corrected chi connectivity index (χ1v) is 8.33. The van der Waals surface area contributed by atoms with Gasteiger partial charge in [0.15, 0.2) is 11.5 Å². The zero-order valence-electron chi connectivity index (χ0n) is 14.3. The molecule has 0 saturated carbocycles. The van der Waals surface area contributed by atoms with Gasteiger partial charge in [-0.25, -0.2) is 0 Å². The van der Waals surface area contributed by atoms with Gasteiger partial charge in [0.25, 0.3) is 0 Å². The molecule has 25 heavy (non-hydrogen) atoms. The molecule has 0 bridgehead atoms. The average Bonchev–Trinajstić information content (AvgIpc) is 2.59. The second-order valence-corrected chi connectivity index (χ2v) is 5.52. The van der Waals surface area contributed by atoms with Gasteiger partial charge in [-0.3, -0.25) is 4.79 Å². The van der Waals surface area contributed by atoms with Gasteiger partial charge in [0.05, 0.1) is 39.6 Å². The number of carbonyl (C=O) groups excluding carboxylic acids is 1. The second kappa shape index (κ2) is 10.9. The van der Waals surface area contributed by atoms with Gasteiger partial charge < -0.3 is 35.2 Å². The number of primary amides is 1. The molecule has 1 aromatic rings. The molecule has 140 valence electrons. The number of amides is 1. The fourth-order valence-corrected chi connectivity index (χ4v) is 2.28. The topological polar surface area (TPSA) is 115 Å². The molecule has 0 aromatic heterocycles. The highest BCUT2D eigenvalue weighted by atomic mass is 16.6. The van der Waals surface area contributed by atoms with Crippen molar-refractivity contribution in [2.75, 3.05) is 52.9 Å². The highest BCUT2D eigenvalue weighted by molar-refractivity contribution is 5.74. The van der Waals surface area contributed by atoms with E-state index >= 15 is 0 Å². The second-order valence-electron chi connectivity index (χ2n) is 5.52. The third-order valence-corrected chi connectivity index (χ3v) is 3.53. The van der Waals surface area contributed by atoms with E-state index < -0.39 is 11.9 Å². The standard InChI is InChI=1S/C17H26N2O6/c18-14(12-17(19)20)13-1-2-15-16(11-13)25-10-8-23-6-4-21-3-5-22-7-9-24-15/h1-2,11,14H,3-10,12,18H2,(H2,19,20). The largest absolute Gasteiger partial charge is 0.487 e. The molecule has 1 aromatic carbocycles. The highest BCUT2D eigenvalue weighted by Gasteiger charge is 2.14. The van der Waals surface area contributed by atoms with Crippen LogP contribution >= 0.6 is 0 Å². The Morgan fingerprint density at radius 3 is 1.96 bits per heavy atom. The Bertz CT molecular complexity index is 540. The van der Waals surface area contributed by atoms with Crippen LogP contribution in [0.4, 0.5) is 0 Å². The Labute approximate surface area is 147 Å². The van der Waals surface area contributed by atoms with Crippen molar-refractivity contribution in [2.45, 2.75) is 12.5 Å². The van der Waals surface area contributed by atoms with Crippen molar-refractivity contribution in [3.63, 3.8) is 0 Å². The summed E-state index contributed by atoms with van der Waals surface area (Å²) in [7, 11) is 0. The number of ether oxygens (including phenoxy) is 5. The molecule has 1 unspecified atom stereocenters. The number of rotatable bonds is 3. The molecular formula is C17H26N2O6. The van der Waals surface area contributed by atoms with E-state index in [1.165, 1.54) is 0 Å². The van der Waals surface area contributed by atoms with Gasteiger partial charge in [0.1, 0.15) is 13.2 Å². The Morgan fingerprint density at radius 2 is 1.40 bits per heavy atom. The Morgan fingerprint density at radius 1 is 0.880 bits per heavy atom. The maximum atomic E-state index is 11.1. The molecule has 0 radical (unpaired) electrons. The number of benzene rings is 1. The number of nitrogens with two attached hydrogens (primary N) is 2. The molecular weight excluding hydrogens is 328 g/mol. The van der Waals surface area contributed by atoms with Crippen molar-refractivity contribution in [1.29, 1.82) is 0 Å². The predicted octanol–water partition coefficient (Wildman–Crippen LogP) is 0.383. The Hall–Kier alpha value is -1.87. The van der Waals surface area contributed by atoms with Crippen molar-refractivity contribution in [1.82, 2.24) is 0 Å². The summed E-state index contributed by atoms with van der Waals surface area (Å²) in [5, 5.41) is 0. The van der Waals surface area contributed by atoms with E-state index in [0.29, 0.717) is 64.4 Å². The Balaban J connectivity index is 2.05. The summed E-state index contributed by atoms with van der Waals surface area (Å²) < 4.78 is 27.7. The van der Waals surface area contributed by atoms with E-state index in [4.69, 9.17) is 35.2 Å². The van der Waals surface area contributed by atoms with Gasteiger partial charge in [-0.2, -0.15) is 0 Å². The lowest BCUT2D eigenvalue weighted by Gasteiger charge is -2.16. The van der Waals surface area contributed by atoms with E-state index in [1.807, 2.05) is 0 Å². The minimum Gasteiger partial charge on any atom is -0.487 e. The SMILES string of the molecule is NC(=O)CC(N)c1ccc2c(c1)OCCOCCOCCOCCO2. The molecule has 1 amide bonds. The van der Waals surface area contributed by atoms with E-state index in [-0.39, 0.29) is 6.42 Å². The lowest BCUT2D eigenvalue weighted by atomic mass is 10.0. The molecule has 1 aliphatic heterocycles. The van der Waals surface area contributed by atoms with Crippen LogP contribution in [0.3, 0.4) is 0 Å². The molecule has 2 rings (SSSR count). The summed E-state index contributed by atoms with van der Waals surface area (Å²) in [4.78, 5) is 11.1. The van der Waals surface area contributed by atoms with Crippen molar-refractivity contribution < 1.29 is 28.5 Å². The fourth-order valence-electron chi connectivity index (χ4n) is 2.28. The normalized spacial score (nSPS) is 18.6. The lowest BCUT2D eigenvalue weighted by molar-refractivity contribution is -0.118. The average molecular weight is 354 g/mol.